The van der Waals surface area contributed by atoms with Gasteiger partial charge in [0.15, 0.2) is 0 Å². The lowest BCUT2D eigenvalue weighted by Gasteiger charge is -2.45. The number of nitrogens with zero attached hydrogens (tertiary/aromatic N) is 5. The lowest BCUT2D eigenvalue weighted by molar-refractivity contribution is -0.141. The summed E-state index contributed by atoms with van der Waals surface area (Å²) in [4.78, 5) is 28.8. The van der Waals surface area contributed by atoms with Gasteiger partial charge in [-0.2, -0.15) is 0 Å². The van der Waals surface area contributed by atoms with Crippen LogP contribution in [0.2, 0.25) is 0 Å². The largest absolute Gasteiger partial charge is 0.390 e. The predicted octanol–water partition coefficient (Wildman–Crippen LogP) is 0.496. The molecule has 8 heteroatoms. The standard InChI is InChI=1S/C18H27N5O3/c1-6-12-7-14-16(25)23(19-17(20(3)4)22(14)10-12)11-15(24)21(5)13-8-18(2,26)9-13/h7,10,13,26H,6,8-9,11H2,1-5H3. The number of aliphatic hydroxyl groups is 1. The number of hydrogen-bond acceptors (Lipinski definition) is 5. The third kappa shape index (κ3) is 3.21. The Hall–Kier alpha value is -2.35. The first-order chi connectivity index (χ1) is 12.1. The van der Waals surface area contributed by atoms with E-state index in [0.717, 1.165) is 12.0 Å². The van der Waals surface area contributed by atoms with Crippen molar-refractivity contribution in [2.24, 2.45) is 0 Å². The van der Waals surface area contributed by atoms with Gasteiger partial charge >= 0.3 is 0 Å². The topological polar surface area (TPSA) is 83.1 Å². The Kier molecular flexibility index (Phi) is 4.56. The minimum atomic E-state index is -0.701. The average Bonchev–Trinajstić information content (AvgIpc) is 2.98. The Balaban J connectivity index is 1.91. The number of carbonyl (C=O) groups is 1. The highest BCUT2D eigenvalue weighted by molar-refractivity contribution is 5.76. The summed E-state index contributed by atoms with van der Waals surface area (Å²) in [6.45, 7) is 3.68. The molecular formula is C18H27N5O3. The van der Waals surface area contributed by atoms with Gasteiger partial charge in [-0.25, -0.2) is 4.68 Å². The predicted molar refractivity (Wildman–Crippen MR) is 99.6 cm³/mol. The van der Waals surface area contributed by atoms with Crippen molar-refractivity contribution in [3.63, 3.8) is 0 Å². The average molecular weight is 361 g/mol. The van der Waals surface area contributed by atoms with Crippen molar-refractivity contribution >= 4 is 17.4 Å². The summed E-state index contributed by atoms with van der Waals surface area (Å²) in [6.07, 6.45) is 3.83. The van der Waals surface area contributed by atoms with E-state index in [9.17, 15) is 14.7 Å². The summed E-state index contributed by atoms with van der Waals surface area (Å²) < 4.78 is 3.01. The zero-order valence-corrected chi connectivity index (χ0v) is 16.1. The molecule has 1 aliphatic rings. The SMILES string of the molecule is CCc1cc2c(=O)n(CC(=O)N(C)C3CC(C)(O)C3)nc(N(C)C)n2c1. The van der Waals surface area contributed by atoms with E-state index in [1.165, 1.54) is 4.68 Å². The maximum absolute atomic E-state index is 12.8. The van der Waals surface area contributed by atoms with Crippen LogP contribution in [-0.4, -0.2) is 62.9 Å². The van der Waals surface area contributed by atoms with E-state index in [1.807, 2.05) is 38.2 Å². The molecule has 0 saturated heterocycles. The zero-order chi connectivity index (χ0) is 19.2. The molecule has 0 aliphatic heterocycles. The molecule has 0 unspecified atom stereocenters. The summed E-state index contributed by atoms with van der Waals surface area (Å²) in [5.41, 5.74) is 0.582. The summed E-state index contributed by atoms with van der Waals surface area (Å²) in [6, 6.07) is 1.86. The van der Waals surface area contributed by atoms with Gasteiger partial charge in [0.2, 0.25) is 11.9 Å². The summed E-state index contributed by atoms with van der Waals surface area (Å²) >= 11 is 0. The van der Waals surface area contributed by atoms with E-state index in [-0.39, 0.29) is 24.1 Å². The van der Waals surface area contributed by atoms with E-state index >= 15 is 0 Å². The number of amides is 1. The highest BCUT2D eigenvalue weighted by Crippen LogP contribution is 2.34. The Morgan fingerprint density at radius 2 is 2.04 bits per heavy atom. The van der Waals surface area contributed by atoms with Crippen molar-refractivity contribution < 1.29 is 9.90 Å². The second-order valence-electron chi connectivity index (χ2n) is 7.68. The van der Waals surface area contributed by atoms with Crippen molar-refractivity contribution in [1.29, 1.82) is 0 Å². The second-order valence-corrected chi connectivity index (χ2v) is 7.68. The number of likely N-dealkylation sites (N-methyl/N-ethyl adjacent to an activating group) is 1. The van der Waals surface area contributed by atoms with E-state index in [0.29, 0.717) is 24.3 Å². The summed E-state index contributed by atoms with van der Waals surface area (Å²) in [7, 11) is 5.42. The molecular weight excluding hydrogens is 334 g/mol. The van der Waals surface area contributed by atoms with E-state index in [1.54, 1.807) is 23.3 Å². The fraction of sp³-hybridized carbons (Fsp3) is 0.611. The molecule has 0 atom stereocenters. The molecule has 1 N–H and O–H groups in total. The number of aromatic nitrogens is 3. The van der Waals surface area contributed by atoms with Gasteiger partial charge in [-0.15, -0.1) is 5.10 Å². The van der Waals surface area contributed by atoms with Crippen LogP contribution in [0.4, 0.5) is 5.95 Å². The molecule has 2 aromatic heterocycles. The van der Waals surface area contributed by atoms with Crippen LogP contribution >= 0.6 is 0 Å². The fourth-order valence-electron chi connectivity index (χ4n) is 3.46. The molecule has 1 fully saturated rings. The highest BCUT2D eigenvalue weighted by Gasteiger charge is 2.41. The molecule has 0 aromatic carbocycles. The quantitative estimate of drug-likeness (QED) is 0.838. The van der Waals surface area contributed by atoms with E-state index in [2.05, 4.69) is 5.10 Å². The van der Waals surface area contributed by atoms with Gasteiger partial charge in [0, 0.05) is 33.4 Å². The Morgan fingerprint density at radius 3 is 2.58 bits per heavy atom. The smallest absolute Gasteiger partial charge is 0.291 e. The maximum Gasteiger partial charge on any atom is 0.291 e. The molecule has 0 spiro atoms. The molecule has 1 saturated carbocycles. The van der Waals surface area contributed by atoms with Gasteiger partial charge in [-0.05, 0) is 37.8 Å². The Bertz CT molecular complexity index is 888. The Labute approximate surface area is 152 Å². The third-order valence-electron chi connectivity index (χ3n) is 5.14. The first kappa shape index (κ1) is 18.4. The van der Waals surface area contributed by atoms with Gasteiger partial charge in [0.25, 0.3) is 5.56 Å². The maximum atomic E-state index is 12.8. The van der Waals surface area contributed by atoms with Gasteiger partial charge in [-0.1, -0.05) is 6.92 Å². The van der Waals surface area contributed by atoms with Crippen LogP contribution in [-0.2, 0) is 17.8 Å². The number of fused-ring (bicyclic) bond motifs is 1. The minimum Gasteiger partial charge on any atom is -0.390 e. The van der Waals surface area contributed by atoms with Crippen LogP contribution in [0.25, 0.3) is 5.52 Å². The molecule has 1 amide bonds. The molecule has 142 valence electrons. The molecule has 1 aliphatic carbocycles. The number of hydrogen-bond donors (Lipinski definition) is 1. The van der Waals surface area contributed by atoms with Gasteiger partial charge in [0.1, 0.15) is 12.1 Å². The van der Waals surface area contributed by atoms with E-state index < -0.39 is 5.60 Å². The first-order valence-electron chi connectivity index (χ1n) is 8.90. The van der Waals surface area contributed by atoms with Crippen LogP contribution in [0.15, 0.2) is 17.1 Å². The van der Waals surface area contributed by atoms with Crippen molar-refractivity contribution in [2.45, 2.75) is 51.3 Å². The van der Waals surface area contributed by atoms with Gasteiger partial charge < -0.3 is 14.9 Å². The normalized spacial score (nSPS) is 22.3. The molecule has 26 heavy (non-hydrogen) atoms. The molecule has 2 aromatic rings. The fourth-order valence-corrected chi connectivity index (χ4v) is 3.46. The van der Waals surface area contributed by atoms with Gasteiger partial charge in [-0.3, -0.25) is 14.0 Å². The Morgan fingerprint density at radius 1 is 1.38 bits per heavy atom. The van der Waals surface area contributed by atoms with Crippen molar-refractivity contribution in [3.05, 3.63) is 28.2 Å². The zero-order valence-electron chi connectivity index (χ0n) is 16.1. The van der Waals surface area contributed by atoms with Crippen LogP contribution in [0, 0.1) is 0 Å². The number of aryl methyl sites for hydroxylation is 1. The van der Waals surface area contributed by atoms with E-state index in [4.69, 9.17) is 0 Å². The van der Waals surface area contributed by atoms with Gasteiger partial charge in [0.05, 0.1) is 5.60 Å². The summed E-state index contributed by atoms with van der Waals surface area (Å²) in [5, 5.41) is 14.3. The van der Waals surface area contributed by atoms with Crippen LogP contribution < -0.4 is 10.5 Å². The molecule has 0 radical (unpaired) electrons. The second kappa shape index (κ2) is 6.42. The number of anilines is 1. The van der Waals surface area contributed by atoms with Crippen molar-refractivity contribution in [3.8, 4) is 0 Å². The number of carbonyl (C=O) groups excluding carboxylic acids is 1. The van der Waals surface area contributed by atoms with Crippen molar-refractivity contribution in [2.75, 3.05) is 26.0 Å². The van der Waals surface area contributed by atoms with Crippen molar-refractivity contribution in [1.82, 2.24) is 19.1 Å². The molecule has 3 rings (SSSR count). The number of rotatable bonds is 5. The monoisotopic (exact) mass is 361 g/mol. The molecule has 8 nitrogen and oxygen atoms in total. The highest BCUT2D eigenvalue weighted by atomic mass is 16.3. The lowest BCUT2D eigenvalue weighted by Crippen LogP contribution is -2.54. The molecule has 2 heterocycles. The minimum absolute atomic E-state index is 0.00486. The van der Waals surface area contributed by atoms with Crippen LogP contribution in [0.5, 0.6) is 0 Å². The lowest BCUT2D eigenvalue weighted by atomic mass is 9.76. The molecule has 0 bridgehead atoms. The third-order valence-corrected chi connectivity index (χ3v) is 5.14. The van der Waals surface area contributed by atoms with Crippen LogP contribution in [0.3, 0.4) is 0 Å². The summed E-state index contributed by atoms with van der Waals surface area (Å²) in [5.74, 6) is 0.415. The first-order valence-corrected chi connectivity index (χ1v) is 8.90. The van der Waals surface area contributed by atoms with Crippen LogP contribution in [0.1, 0.15) is 32.3 Å².